The molecule has 0 fully saturated rings. The van der Waals surface area contributed by atoms with Crippen LogP contribution in [0.25, 0.3) is 11.3 Å². The van der Waals surface area contributed by atoms with Crippen LogP contribution in [0.15, 0.2) is 61.2 Å². The molecule has 4 rings (SSSR count). The lowest BCUT2D eigenvalue weighted by Gasteiger charge is -2.06. The van der Waals surface area contributed by atoms with Crippen molar-refractivity contribution in [3.8, 4) is 11.3 Å². The van der Waals surface area contributed by atoms with Crippen LogP contribution in [0.4, 0.5) is 5.13 Å². The summed E-state index contributed by atoms with van der Waals surface area (Å²) in [5, 5.41) is 8.24. The van der Waals surface area contributed by atoms with Crippen molar-refractivity contribution in [3.05, 3.63) is 82.8 Å². The summed E-state index contributed by atoms with van der Waals surface area (Å²) in [6, 6.07) is 11.5. The summed E-state index contributed by atoms with van der Waals surface area (Å²) in [5.74, 6) is -0.0337. The molecule has 140 valence electrons. The second-order valence-electron chi connectivity index (χ2n) is 6.45. The number of ketones is 1. The molecule has 0 saturated heterocycles. The summed E-state index contributed by atoms with van der Waals surface area (Å²) in [6.07, 6.45) is 7.00. The van der Waals surface area contributed by atoms with Crippen molar-refractivity contribution < 1.29 is 4.79 Å². The molecule has 6 nitrogen and oxygen atoms in total. The van der Waals surface area contributed by atoms with E-state index in [1.807, 2.05) is 61.2 Å². The predicted molar refractivity (Wildman–Crippen MR) is 110 cm³/mol. The van der Waals surface area contributed by atoms with E-state index in [9.17, 15) is 4.79 Å². The first kappa shape index (κ1) is 18.1. The number of aromatic nitrogens is 4. The molecule has 4 aromatic rings. The second kappa shape index (κ2) is 7.74. The van der Waals surface area contributed by atoms with Crippen molar-refractivity contribution in [2.75, 3.05) is 5.32 Å². The SMILES string of the molecule is Cc1cnn(C)c1-c1cccc(C(=O)c2cnc(NCc3cccnc3)s2)c1. The fraction of sp³-hybridized carbons (Fsp3) is 0.143. The number of benzene rings is 1. The lowest BCUT2D eigenvalue weighted by Crippen LogP contribution is -2.00. The van der Waals surface area contributed by atoms with Gasteiger partial charge in [-0.2, -0.15) is 5.10 Å². The molecule has 3 aromatic heterocycles. The summed E-state index contributed by atoms with van der Waals surface area (Å²) in [6.45, 7) is 2.63. The Labute approximate surface area is 166 Å². The Morgan fingerprint density at radius 2 is 2.07 bits per heavy atom. The average Bonchev–Trinajstić information content (AvgIpc) is 3.33. The number of rotatable bonds is 6. The van der Waals surface area contributed by atoms with Gasteiger partial charge in [0.05, 0.1) is 23.0 Å². The standard InChI is InChI=1S/C21H19N5OS/c1-14-10-25-26(2)19(14)16-6-3-7-17(9-16)20(27)18-13-24-21(28-18)23-12-15-5-4-8-22-11-15/h3-11,13H,12H2,1-2H3,(H,23,24). The fourth-order valence-electron chi connectivity index (χ4n) is 3.05. The lowest BCUT2D eigenvalue weighted by molar-refractivity contribution is 0.104. The van der Waals surface area contributed by atoms with E-state index in [4.69, 9.17) is 0 Å². The molecule has 1 aromatic carbocycles. The largest absolute Gasteiger partial charge is 0.357 e. The van der Waals surface area contributed by atoms with Crippen LogP contribution in [-0.4, -0.2) is 25.5 Å². The molecule has 0 atom stereocenters. The molecule has 28 heavy (non-hydrogen) atoms. The highest BCUT2D eigenvalue weighted by Gasteiger charge is 2.15. The van der Waals surface area contributed by atoms with E-state index in [0.717, 1.165) is 22.4 Å². The third-order valence-electron chi connectivity index (χ3n) is 4.42. The van der Waals surface area contributed by atoms with E-state index in [1.165, 1.54) is 11.3 Å². The van der Waals surface area contributed by atoms with Crippen molar-refractivity contribution >= 4 is 22.3 Å². The van der Waals surface area contributed by atoms with Crippen LogP contribution in [-0.2, 0) is 13.6 Å². The van der Waals surface area contributed by atoms with Crippen molar-refractivity contribution in [3.63, 3.8) is 0 Å². The quantitative estimate of drug-likeness (QED) is 0.503. The number of pyridine rings is 1. The van der Waals surface area contributed by atoms with Crippen molar-refractivity contribution in [2.24, 2.45) is 7.05 Å². The smallest absolute Gasteiger partial charge is 0.204 e. The molecule has 1 N–H and O–H groups in total. The zero-order valence-electron chi connectivity index (χ0n) is 15.6. The topological polar surface area (TPSA) is 72.7 Å². The van der Waals surface area contributed by atoms with Crippen molar-refractivity contribution in [1.29, 1.82) is 0 Å². The van der Waals surface area contributed by atoms with Gasteiger partial charge in [-0.15, -0.1) is 0 Å². The zero-order chi connectivity index (χ0) is 19.5. The van der Waals surface area contributed by atoms with E-state index < -0.39 is 0 Å². The van der Waals surface area contributed by atoms with Gasteiger partial charge in [-0.05, 0) is 30.2 Å². The van der Waals surface area contributed by atoms with Gasteiger partial charge in [0.2, 0.25) is 5.78 Å². The number of nitrogens with one attached hydrogen (secondary N) is 1. The minimum absolute atomic E-state index is 0.0337. The summed E-state index contributed by atoms with van der Waals surface area (Å²) in [7, 11) is 1.90. The number of hydrogen-bond acceptors (Lipinski definition) is 6. The van der Waals surface area contributed by atoms with Gasteiger partial charge in [0.1, 0.15) is 0 Å². The van der Waals surface area contributed by atoms with Gasteiger partial charge in [-0.3, -0.25) is 14.5 Å². The average molecular weight is 389 g/mol. The van der Waals surface area contributed by atoms with Crippen LogP contribution in [0.3, 0.4) is 0 Å². The normalized spacial score (nSPS) is 10.8. The second-order valence-corrected chi connectivity index (χ2v) is 7.48. The molecule has 0 radical (unpaired) electrons. The molecular weight excluding hydrogens is 370 g/mol. The van der Waals surface area contributed by atoms with Crippen molar-refractivity contribution in [2.45, 2.75) is 13.5 Å². The van der Waals surface area contributed by atoms with Gasteiger partial charge >= 0.3 is 0 Å². The number of aryl methyl sites for hydroxylation is 2. The zero-order valence-corrected chi connectivity index (χ0v) is 16.4. The Bertz CT molecular complexity index is 1100. The monoisotopic (exact) mass is 389 g/mol. The molecule has 0 unspecified atom stereocenters. The number of anilines is 1. The number of thiazole rings is 1. The van der Waals surface area contributed by atoms with Crippen LogP contribution >= 0.6 is 11.3 Å². The highest BCUT2D eigenvalue weighted by atomic mass is 32.1. The number of carbonyl (C=O) groups excluding carboxylic acids is 1. The Hall–Kier alpha value is -3.32. The highest BCUT2D eigenvalue weighted by Crippen LogP contribution is 2.26. The first-order valence-corrected chi connectivity index (χ1v) is 9.66. The van der Waals surface area contributed by atoms with Crippen LogP contribution in [0, 0.1) is 6.92 Å². The molecule has 0 saturated carbocycles. The van der Waals surface area contributed by atoms with Gasteiger partial charge in [-0.1, -0.05) is 35.6 Å². The predicted octanol–water partition coefficient (Wildman–Crippen LogP) is 4.09. The van der Waals surface area contributed by atoms with Crippen LogP contribution in [0.1, 0.15) is 26.4 Å². The summed E-state index contributed by atoms with van der Waals surface area (Å²) >= 11 is 1.35. The van der Waals surface area contributed by atoms with E-state index >= 15 is 0 Å². The lowest BCUT2D eigenvalue weighted by atomic mass is 10.0. The molecule has 0 aliphatic heterocycles. The third-order valence-corrected chi connectivity index (χ3v) is 5.37. The number of carbonyl (C=O) groups is 1. The van der Waals surface area contributed by atoms with Gasteiger partial charge in [0, 0.05) is 37.1 Å². The Morgan fingerprint density at radius 1 is 1.18 bits per heavy atom. The summed E-state index contributed by atoms with van der Waals surface area (Å²) in [4.78, 5) is 22.0. The van der Waals surface area contributed by atoms with Crippen LogP contribution in [0.5, 0.6) is 0 Å². The highest BCUT2D eigenvalue weighted by molar-refractivity contribution is 7.17. The van der Waals surface area contributed by atoms with Gasteiger partial charge in [0.25, 0.3) is 0 Å². The third kappa shape index (κ3) is 3.70. The maximum Gasteiger partial charge on any atom is 0.204 e. The van der Waals surface area contributed by atoms with Gasteiger partial charge in [-0.25, -0.2) is 4.98 Å². The maximum absolute atomic E-state index is 12.9. The minimum Gasteiger partial charge on any atom is -0.357 e. The molecular formula is C21H19N5OS. The Morgan fingerprint density at radius 3 is 2.82 bits per heavy atom. The molecule has 0 bridgehead atoms. The van der Waals surface area contributed by atoms with Crippen LogP contribution in [0.2, 0.25) is 0 Å². The Balaban J connectivity index is 1.52. The number of hydrogen-bond donors (Lipinski definition) is 1. The molecule has 0 aliphatic rings. The first-order valence-electron chi connectivity index (χ1n) is 8.84. The van der Waals surface area contributed by atoms with Gasteiger partial charge in [0.15, 0.2) is 5.13 Å². The first-order chi connectivity index (χ1) is 13.6. The maximum atomic E-state index is 12.9. The molecule has 0 aliphatic carbocycles. The minimum atomic E-state index is -0.0337. The van der Waals surface area contributed by atoms with Crippen molar-refractivity contribution in [1.82, 2.24) is 19.7 Å². The molecule has 3 heterocycles. The Kier molecular flexibility index (Phi) is 4.99. The molecule has 7 heteroatoms. The van der Waals surface area contributed by atoms with E-state index in [2.05, 4.69) is 20.4 Å². The van der Waals surface area contributed by atoms with E-state index in [0.29, 0.717) is 22.1 Å². The van der Waals surface area contributed by atoms with Crippen LogP contribution < -0.4 is 5.32 Å². The van der Waals surface area contributed by atoms with E-state index in [1.54, 1.807) is 18.6 Å². The summed E-state index contributed by atoms with van der Waals surface area (Å²) in [5.41, 5.74) is 4.76. The fourth-order valence-corrected chi connectivity index (χ4v) is 3.83. The molecule has 0 amide bonds. The summed E-state index contributed by atoms with van der Waals surface area (Å²) < 4.78 is 1.83. The number of nitrogens with zero attached hydrogens (tertiary/aromatic N) is 4. The van der Waals surface area contributed by atoms with E-state index in [-0.39, 0.29) is 5.78 Å². The molecule has 0 spiro atoms. The van der Waals surface area contributed by atoms with Gasteiger partial charge < -0.3 is 5.32 Å².